The number of nitrogens with one attached hydrogen (secondary N) is 2. The lowest BCUT2D eigenvalue weighted by molar-refractivity contribution is -0.137. The molecule has 0 unspecified atom stereocenters. The van der Waals surface area contributed by atoms with Gasteiger partial charge in [0.25, 0.3) is 5.91 Å². The number of aromatic nitrogens is 2. The minimum Gasteiger partial charge on any atom is -0.354 e. The van der Waals surface area contributed by atoms with E-state index in [2.05, 4.69) is 20.6 Å². The van der Waals surface area contributed by atoms with Gasteiger partial charge in [-0.25, -0.2) is 9.97 Å². The van der Waals surface area contributed by atoms with Crippen molar-refractivity contribution in [2.75, 3.05) is 17.2 Å². The zero-order valence-corrected chi connectivity index (χ0v) is 13.4. The van der Waals surface area contributed by atoms with Gasteiger partial charge in [0, 0.05) is 24.6 Å². The molecule has 1 aromatic carbocycles. The van der Waals surface area contributed by atoms with Crippen molar-refractivity contribution in [3.63, 3.8) is 0 Å². The normalized spacial score (nSPS) is 11.2. The van der Waals surface area contributed by atoms with E-state index in [-0.39, 0.29) is 11.3 Å². The number of alkyl halides is 3. The number of anilines is 2. The largest absolute Gasteiger partial charge is 0.417 e. The van der Waals surface area contributed by atoms with Crippen LogP contribution in [0.15, 0.2) is 30.6 Å². The van der Waals surface area contributed by atoms with Crippen LogP contribution in [0.4, 0.5) is 24.8 Å². The molecule has 0 aliphatic carbocycles. The highest BCUT2D eigenvalue weighted by atomic mass is 35.5. The second-order valence-corrected chi connectivity index (χ2v) is 5.28. The number of carbonyl (C=O) groups is 1. The lowest BCUT2D eigenvalue weighted by Crippen LogP contribution is -2.14. The maximum Gasteiger partial charge on any atom is 0.417 e. The van der Waals surface area contributed by atoms with Crippen molar-refractivity contribution in [1.29, 1.82) is 0 Å². The Labute approximate surface area is 141 Å². The van der Waals surface area contributed by atoms with Gasteiger partial charge in [0.2, 0.25) is 5.95 Å². The third-order valence-electron chi connectivity index (χ3n) is 2.98. The number of hydrogen-bond donors (Lipinski definition) is 2. The lowest BCUT2D eigenvalue weighted by atomic mass is 10.2. The van der Waals surface area contributed by atoms with Crippen LogP contribution in [0, 0.1) is 0 Å². The molecule has 0 saturated heterocycles. The Balaban J connectivity index is 2.12. The van der Waals surface area contributed by atoms with Crippen LogP contribution in [0.5, 0.6) is 0 Å². The summed E-state index contributed by atoms with van der Waals surface area (Å²) in [5, 5.41) is 4.87. The van der Waals surface area contributed by atoms with Gasteiger partial charge in [0.15, 0.2) is 0 Å². The second kappa shape index (κ2) is 7.48. The quantitative estimate of drug-likeness (QED) is 0.839. The molecule has 0 bridgehead atoms. The van der Waals surface area contributed by atoms with E-state index in [1.165, 1.54) is 18.5 Å². The average molecular weight is 359 g/mol. The molecule has 0 aliphatic heterocycles. The molecule has 2 aromatic rings. The first-order valence-electron chi connectivity index (χ1n) is 7.05. The zero-order chi connectivity index (χ0) is 17.7. The van der Waals surface area contributed by atoms with Crippen molar-refractivity contribution in [3.8, 4) is 0 Å². The van der Waals surface area contributed by atoms with Crippen LogP contribution in [0.25, 0.3) is 0 Å². The van der Waals surface area contributed by atoms with Gasteiger partial charge in [-0.3, -0.25) is 4.79 Å². The summed E-state index contributed by atoms with van der Waals surface area (Å²) in [5.74, 6) is -0.244. The van der Waals surface area contributed by atoms with Crippen molar-refractivity contribution >= 4 is 29.1 Å². The first kappa shape index (κ1) is 18.0. The summed E-state index contributed by atoms with van der Waals surface area (Å²) in [4.78, 5) is 20.0. The molecular weight excluding hydrogens is 345 g/mol. The molecule has 1 heterocycles. The molecule has 0 radical (unpaired) electrons. The predicted molar refractivity (Wildman–Crippen MR) is 85.2 cm³/mol. The number of carbonyl (C=O) groups excluding carboxylic acids is 1. The topological polar surface area (TPSA) is 66.9 Å². The highest BCUT2D eigenvalue weighted by molar-refractivity contribution is 6.31. The summed E-state index contributed by atoms with van der Waals surface area (Å²) < 4.78 is 38.4. The summed E-state index contributed by atoms with van der Waals surface area (Å²) in [6, 6.07) is 3.14. The van der Waals surface area contributed by atoms with E-state index in [0.29, 0.717) is 12.5 Å². The zero-order valence-electron chi connectivity index (χ0n) is 12.6. The summed E-state index contributed by atoms with van der Waals surface area (Å²) in [7, 11) is 0. The Hall–Kier alpha value is -2.35. The first-order valence-corrected chi connectivity index (χ1v) is 7.43. The molecule has 2 rings (SSSR count). The fraction of sp³-hybridized carbons (Fsp3) is 0.267. The summed E-state index contributed by atoms with van der Waals surface area (Å²) in [6.07, 6.45) is -1.13. The molecule has 0 aliphatic rings. The van der Waals surface area contributed by atoms with Crippen molar-refractivity contribution < 1.29 is 18.0 Å². The van der Waals surface area contributed by atoms with Crippen LogP contribution in [0.3, 0.4) is 0 Å². The molecule has 2 N–H and O–H groups in total. The summed E-state index contributed by atoms with van der Waals surface area (Å²) in [6.45, 7) is 2.67. The number of hydrogen-bond acceptors (Lipinski definition) is 4. The standard InChI is InChI=1S/C15H14ClF3N4O/c1-2-5-20-14-21-7-9(8-22-14)13(24)23-10-3-4-12(16)11(6-10)15(17,18)19/h3-4,6-8H,2,5H2,1H3,(H,23,24)(H,20,21,22). The average Bonchev–Trinajstić information content (AvgIpc) is 2.54. The molecular formula is C15H14ClF3N4O. The van der Waals surface area contributed by atoms with E-state index in [0.717, 1.165) is 18.6 Å². The SMILES string of the molecule is CCCNc1ncc(C(=O)Nc2ccc(Cl)c(C(F)(F)F)c2)cn1. The molecule has 128 valence electrons. The van der Waals surface area contributed by atoms with Crippen LogP contribution in [0.2, 0.25) is 5.02 Å². The van der Waals surface area contributed by atoms with Gasteiger partial charge in [0.1, 0.15) is 0 Å². The molecule has 1 aromatic heterocycles. The third-order valence-corrected chi connectivity index (χ3v) is 3.31. The van der Waals surface area contributed by atoms with Gasteiger partial charge < -0.3 is 10.6 Å². The van der Waals surface area contributed by atoms with Crippen LogP contribution < -0.4 is 10.6 Å². The van der Waals surface area contributed by atoms with Crippen molar-refractivity contribution in [2.24, 2.45) is 0 Å². The van der Waals surface area contributed by atoms with Crippen LogP contribution in [0.1, 0.15) is 29.3 Å². The Morgan fingerprint density at radius 1 is 1.25 bits per heavy atom. The van der Waals surface area contributed by atoms with Gasteiger partial charge in [-0.05, 0) is 24.6 Å². The predicted octanol–water partition coefficient (Wildman–Crippen LogP) is 4.22. The van der Waals surface area contributed by atoms with E-state index in [1.807, 2.05) is 6.92 Å². The van der Waals surface area contributed by atoms with E-state index in [4.69, 9.17) is 11.6 Å². The molecule has 0 fully saturated rings. The van der Waals surface area contributed by atoms with E-state index in [1.54, 1.807) is 0 Å². The van der Waals surface area contributed by atoms with Crippen LogP contribution in [-0.2, 0) is 6.18 Å². The minimum absolute atomic E-state index is 0.0232. The molecule has 24 heavy (non-hydrogen) atoms. The summed E-state index contributed by atoms with van der Waals surface area (Å²) in [5.41, 5.74) is -0.914. The highest BCUT2D eigenvalue weighted by Gasteiger charge is 2.33. The summed E-state index contributed by atoms with van der Waals surface area (Å²) >= 11 is 5.53. The number of halogens is 4. The third kappa shape index (κ3) is 4.58. The van der Waals surface area contributed by atoms with Gasteiger partial charge >= 0.3 is 6.18 Å². The first-order chi connectivity index (χ1) is 11.3. The molecule has 0 spiro atoms. The molecule has 5 nitrogen and oxygen atoms in total. The van der Waals surface area contributed by atoms with E-state index < -0.39 is 22.7 Å². The Morgan fingerprint density at radius 3 is 2.50 bits per heavy atom. The van der Waals surface area contributed by atoms with Crippen molar-refractivity contribution in [3.05, 3.63) is 46.7 Å². The van der Waals surface area contributed by atoms with Gasteiger partial charge in [-0.2, -0.15) is 13.2 Å². The monoisotopic (exact) mass is 358 g/mol. The highest BCUT2D eigenvalue weighted by Crippen LogP contribution is 2.36. The smallest absolute Gasteiger partial charge is 0.354 e. The van der Waals surface area contributed by atoms with E-state index in [9.17, 15) is 18.0 Å². The van der Waals surface area contributed by atoms with E-state index >= 15 is 0 Å². The lowest BCUT2D eigenvalue weighted by Gasteiger charge is -2.11. The van der Waals surface area contributed by atoms with Crippen molar-refractivity contribution in [1.82, 2.24) is 9.97 Å². The molecule has 9 heteroatoms. The molecule has 1 amide bonds. The Morgan fingerprint density at radius 2 is 1.92 bits per heavy atom. The maximum absolute atomic E-state index is 12.8. The number of rotatable bonds is 5. The van der Waals surface area contributed by atoms with Gasteiger partial charge in [-0.1, -0.05) is 18.5 Å². The Kier molecular flexibility index (Phi) is 5.61. The fourth-order valence-corrected chi connectivity index (χ4v) is 2.02. The molecule has 0 atom stereocenters. The fourth-order valence-electron chi connectivity index (χ4n) is 1.80. The van der Waals surface area contributed by atoms with Gasteiger partial charge in [-0.15, -0.1) is 0 Å². The van der Waals surface area contributed by atoms with Crippen molar-refractivity contribution in [2.45, 2.75) is 19.5 Å². The number of amides is 1. The van der Waals surface area contributed by atoms with Crippen LogP contribution >= 0.6 is 11.6 Å². The number of nitrogens with zero attached hydrogens (tertiary/aromatic N) is 2. The van der Waals surface area contributed by atoms with Crippen LogP contribution in [-0.4, -0.2) is 22.4 Å². The maximum atomic E-state index is 12.8. The number of benzene rings is 1. The van der Waals surface area contributed by atoms with Gasteiger partial charge in [0.05, 0.1) is 16.1 Å². The second-order valence-electron chi connectivity index (χ2n) is 4.87. The Bertz CT molecular complexity index is 720. The minimum atomic E-state index is -4.60. The molecule has 0 saturated carbocycles.